The quantitative estimate of drug-likeness (QED) is 0.917. The summed E-state index contributed by atoms with van der Waals surface area (Å²) in [6, 6.07) is 10.5. The van der Waals surface area contributed by atoms with Gasteiger partial charge < -0.3 is 15.4 Å². The van der Waals surface area contributed by atoms with Crippen molar-refractivity contribution in [1.29, 1.82) is 0 Å². The Morgan fingerprint density at radius 2 is 1.92 bits per heavy atom. The van der Waals surface area contributed by atoms with E-state index in [0.717, 1.165) is 31.6 Å². The van der Waals surface area contributed by atoms with E-state index in [1.807, 2.05) is 17.9 Å². The smallest absolute Gasteiger partial charge is 0.233 e. The van der Waals surface area contributed by atoms with E-state index in [2.05, 4.69) is 34.6 Å². The number of piperidine rings is 1. The number of hydrogen-bond donors (Lipinski definition) is 1. The average molecular weight is 357 g/mol. The summed E-state index contributed by atoms with van der Waals surface area (Å²) in [5.41, 5.74) is 7.70. The molecule has 6 heteroatoms. The second kappa shape index (κ2) is 6.11. The molecule has 3 heterocycles. The summed E-state index contributed by atoms with van der Waals surface area (Å²) in [4.78, 5) is 19.4. The van der Waals surface area contributed by atoms with Gasteiger partial charge in [-0.25, -0.2) is 4.98 Å². The molecule has 0 saturated carbocycles. The molecule has 0 atom stereocenters. The van der Waals surface area contributed by atoms with Crippen LogP contribution < -0.4 is 5.73 Å². The maximum atomic E-state index is 12.8. The predicted octanol–water partition coefficient (Wildman–Crippen LogP) is 2.67. The largest absolute Gasteiger partial charge is 0.379 e. The van der Waals surface area contributed by atoms with Crippen LogP contribution in [0.1, 0.15) is 31.0 Å². The summed E-state index contributed by atoms with van der Waals surface area (Å²) in [5.74, 6) is 0.221. The van der Waals surface area contributed by atoms with E-state index in [0.29, 0.717) is 18.3 Å². The number of hydrogen-bond acceptors (Lipinski definition) is 5. The summed E-state index contributed by atoms with van der Waals surface area (Å²) in [6.45, 7) is 4.55. The number of nitrogens with two attached hydrogens (primary N) is 1. The molecule has 2 N–H and O–H groups in total. The van der Waals surface area contributed by atoms with Crippen LogP contribution in [0.3, 0.4) is 0 Å². The summed E-state index contributed by atoms with van der Waals surface area (Å²) in [5, 5.41) is 2.67. The average Bonchev–Trinajstić information content (AvgIpc) is 3.07. The van der Waals surface area contributed by atoms with Gasteiger partial charge in [0.1, 0.15) is 0 Å². The van der Waals surface area contributed by atoms with Crippen molar-refractivity contribution in [3.63, 3.8) is 0 Å². The van der Waals surface area contributed by atoms with Crippen LogP contribution in [0, 0.1) is 5.41 Å². The molecule has 25 heavy (non-hydrogen) atoms. The van der Waals surface area contributed by atoms with E-state index < -0.39 is 0 Å². The van der Waals surface area contributed by atoms with Gasteiger partial charge in [0.05, 0.1) is 24.3 Å². The third-order valence-electron chi connectivity index (χ3n) is 5.60. The van der Waals surface area contributed by atoms with Gasteiger partial charge in [-0.3, -0.25) is 4.79 Å². The van der Waals surface area contributed by atoms with Gasteiger partial charge in [0.25, 0.3) is 0 Å². The summed E-state index contributed by atoms with van der Waals surface area (Å²) in [7, 11) is 0. The number of carbonyl (C=O) groups is 1. The SMILES string of the molecule is CC1(C(=O)N2CCC(c3ccccc3)(c3csc(N)n3)CC2)COC1. The van der Waals surface area contributed by atoms with Crippen molar-refractivity contribution >= 4 is 22.4 Å². The molecule has 2 fully saturated rings. The molecule has 2 aliphatic heterocycles. The fourth-order valence-corrected chi connectivity index (χ4v) is 4.62. The Morgan fingerprint density at radius 1 is 1.24 bits per heavy atom. The minimum Gasteiger partial charge on any atom is -0.379 e. The number of carbonyl (C=O) groups excluding carboxylic acids is 1. The number of nitrogens with zero attached hydrogens (tertiary/aromatic N) is 2. The number of aromatic nitrogens is 1. The van der Waals surface area contributed by atoms with Crippen LogP contribution in [-0.2, 0) is 14.9 Å². The van der Waals surface area contributed by atoms with Gasteiger partial charge in [-0.15, -0.1) is 11.3 Å². The molecule has 1 aromatic carbocycles. The third-order valence-corrected chi connectivity index (χ3v) is 6.27. The fourth-order valence-electron chi connectivity index (χ4n) is 3.96. The van der Waals surface area contributed by atoms with E-state index in [-0.39, 0.29) is 16.7 Å². The maximum Gasteiger partial charge on any atom is 0.233 e. The lowest BCUT2D eigenvalue weighted by Crippen LogP contribution is -2.56. The van der Waals surface area contributed by atoms with Crippen LogP contribution in [0.25, 0.3) is 0 Å². The number of amides is 1. The van der Waals surface area contributed by atoms with Gasteiger partial charge in [0.15, 0.2) is 5.13 Å². The topological polar surface area (TPSA) is 68.5 Å². The van der Waals surface area contributed by atoms with Crippen LogP contribution in [0.15, 0.2) is 35.7 Å². The zero-order valence-corrected chi connectivity index (χ0v) is 15.2. The molecule has 132 valence electrons. The lowest BCUT2D eigenvalue weighted by molar-refractivity contribution is -0.170. The molecular formula is C19H23N3O2S. The predicted molar refractivity (Wildman–Crippen MR) is 98.5 cm³/mol. The highest BCUT2D eigenvalue weighted by atomic mass is 32.1. The summed E-state index contributed by atoms with van der Waals surface area (Å²) in [6.07, 6.45) is 1.73. The second-order valence-corrected chi connectivity index (χ2v) is 8.25. The molecule has 0 unspecified atom stereocenters. The molecule has 2 aliphatic rings. The lowest BCUT2D eigenvalue weighted by Gasteiger charge is -2.46. The van der Waals surface area contributed by atoms with Gasteiger partial charge in [0, 0.05) is 23.9 Å². The lowest BCUT2D eigenvalue weighted by atomic mass is 9.70. The normalized spacial score (nSPS) is 21.6. The Labute approximate surface area is 151 Å². The Kier molecular flexibility index (Phi) is 4.04. The number of thiazole rings is 1. The molecule has 0 aliphatic carbocycles. The van der Waals surface area contributed by atoms with E-state index in [9.17, 15) is 4.79 Å². The second-order valence-electron chi connectivity index (χ2n) is 7.36. The molecule has 2 aromatic rings. The molecule has 0 spiro atoms. The number of likely N-dealkylation sites (tertiary alicyclic amines) is 1. The van der Waals surface area contributed by atoms with E-state index in [1.165, 1.54) is 16.9 Å². The van der Waals surface area contributed by atoms with Crippen molar-refractivity contribution in [3.05, 3.63) is 47.0 Å². The van der Waals surface area contributed by atoms with E-state index in [4.69, 9.17) is 10.5 Å². The van der Waals surface area contributed by atoms with Crippen molar-refractivity contribution in [2.24, 2.45) is 5.41 Å². The minimum absolute atomic E-state index is 0.164. The van der Waals surface area contributed by atoms with Gasteiger partial charge in [0.2, 0.25) is 5.91 Å². The molecule has 2 saturated heterocycles. The number of ether oxygens (including phenoxy) is 1. The molecule has 1 amide bonds. The van der Waals surface area contributed by atoms with E-state index in [1.54, 1.807) is 0 Å². The van der Waals surface area contributed by atoms with Crippen molar-refractivity contribution in [2.75, 3.05) is 32.0 Å². The van der Waals surface area contributed by atoms with E-state index >= 15 is 0 Å². The Balaban J connectivity index is 1.61. The number of nitrogen functional groups attached to an aromatic ring is 1. The number of anilines is 1. The van der Waals surface area contributed by atoms with Crippen LogP contribution in [0.5, 0.6) is 0 Å². The number of rotatable bonds is 3. The standard InChI is InChI=1S/C19H23N3O2S/c1-18(12-24-13-18)16(23)22-9-7-19(8-10-22,14-5-3-2-4-6-14)15-11-25-17(20)21-15/h2-6,11H,7-10,12-13H2,1H3,(H2,20,21). The Hall–Kier alpha value is -1.92. The first-order chi connectivity index (χ1) is 12.0. The number of benzene rings is 1. The van der Waals surface area contributed by atoms with Crippen molar-refractivity contribution in [2.45, 2.75) is 25.2 Å². The molecule has 1 aromatic heterocycles. The highest BCUT2D eigenvalue weighted by molar-refractivity contribution is 7.13. The molecule has 4 rings (SSSR count). The first kappa shape index (κ1) is 16.5. The van der Waals surface area contributed by atoms with Crippen molar-refractivity contribution < 1.29 is 9.53 Å². The van der Waals surface area contributed by atoms with Crippen LogP contribution >= 0.6 is 11.3 Å². The zero-order chi connectivity index (χ0) is 17.5. The van der Waals surface area contributed by atoms with Gasteiger partial charge in [-0.05, 0) is 25.3 Å². The molecular weight excluding hydrogens is 334 g/mol. The first-order valence-corrected chi connectivity index (χ1v) is 9.56. The minimum atomic E-state index is -0.336. The van der Waals surface area contributed by atoms with Crippen molar-refractivity contribution in [1.82, 2.24) is 9.88 Å². The molecule has 5 nitrogen and oxygen atoms in total. The van der Waals surface area contributed by atoms with Gasteiger partial charge in [-0.1, -0.05) is 30.3 Å². The fraction of sp³-hybridized carbons (Fsp3) is 0.474. The highest BCUT2D eigenvalue weighted by Gasteiger charge is 2.47. The molecule has 0 radical (unpaired) electrons. The Morgan fingerprint density at radius 3 is 2.44 bits per heavy atom. The van der Waals surface area contributed by atoms with Crippen LogP contribution in [0.4, 0.5) is 5.13 Å². The Bertz CT molecular complexity index is 762. The van der Waals surface area contributed by atoms with Crippen LogP contribution in [0.2, 0.25) is 0 Å². The highest BCUT2D eigenvalue weighted by Crippen LogP contribution is 2.43. The third kappa shape index (κ3) is 2.73. The molecule has 0 bridgehead atoms. The summed E-state index contributed by atoms with van der Waals surface area (Å²) < 4.78 is 5.26. The summed E-state index contributed by atoms with van der Waals surface area (Å²) >= 11 is 1.48. The van der Waals surface area contributed by atoms with Gasteiger partial charge >= 0.3 is 0 Å². The van der Waals surface area contributed by atoms with Crippen molar-refractivity contribution in [3.8, 4) is 0 Å². The van der Waals surface area contributed by atoms with Crippen LogP contribution in [-0.4, -0.2) is 42.1 Å². The first-order valence-electron chi connectivity index (χ1n) is 8.68. The maximum absolute atomic E-state index is 12.8. The zero-order valence-electron chi connectivity index (χ0n) is 14.4. The van der Waals surface area contributed by atoms with Gasteiger partial charge in [-0.2, -0.15) is 0 Å². The monoisotopic (exact) mass is 357 g/mol.